The fraction of sp³-hybridized carbons (Fsp3) is 0.417. The molecule has 4 nitrogen and oxygen atoms in total. The van der Waals surface area contributed by atoms with Crippen molar-refractivity contribution in [1.82, 2.24) is 10.9 Å². The van der Waals surface area contributed by atoms with E-state index in [1.54, 1.807) is 14.2 Å². The standard InChI is InChI=1S/C12H17ClN2O2/c1-8-6-11(17-3)10(13)7-9(8)4-5-12(16)15-14-2/h6-7,14H,4-5H2,1-3H3,(H,15,16). The van der Waals surface area contributed by atoms with E-state index in [0.29, 0.717) is 23.6 Å². The zero-order valence-corrected chi connectivity index (χ0v) is 11.0. The summed E-state index contributed by atoms with van der Waals surface area (Å²) < 4.78 is 5.12. The number of benzene rings is 1. The van der Waals surface area contributed by atoms with E-state index in [-0.39, 0.29) is 5.91 Å². The molecule has 0 saturated carbocycles. The summed E-state index contributed by atoms with van der Waals surface area (Å²) in [5.41, 5.74) is 7.26. The summed E-state index contributed by atoms with van der Waals surface area (Å²) in [5, 5.41) is 0.571. The van der Waals surface area contributed by atoms with Crippen LogP contribution in [0.5, 0.6) is 5.75 Å². The average molecular weight is 257 g/mol. The van der Waals surface area contributed by atoms with Crippen LogP contribution in [0.4, 0.5) is 0 Å². The molecule has 17 heavy (non-hydrogen) atoms. The summed E-state index contributed by atoms with van der Waals surface area (Å²) in [4.78, 5) is 11.3. The molecular weight excluding hydrogens is 240 g/mol. The van der Waals surface area contributed by atoms with Gasteiger partial charge in [-0.25, -0.2) is 5.43 Å². The number of hydrogen-bond donors (Lipinski definition) is 2. The molecule has 5 heteroatoms. The number of hydrazine groups is 1. The van der Waals surface area contributed by atoms with Crippen LogP contribution in [-0.2, 0) is 11.2 Å². The molecule has 0 aliphatic carbocycles. The van der Waals surface area contributed by atoms with Gasteiger partial charge >= 0.3 is 0 Å². The van der Waals surface area contributed by atoms with Crippen molar-refractivity contribution >= 4 is 17.5 Å². The zero-order valence-electron chi connectivity index (χ0n) is 10.3. The highest BCUT2D eigenvalue weighted by atomic mass is 35.5. The van der Waals surface area contributed by atoms with Crippen molar-refractivity contribution in [1.29, 1.82) is 0 Å². The Morgan fingerprint density at radius 1 is 1.47 bits per heavy atom. The molecule has 0 unspecified atom stereocenters. The lowest BCUT2D eigenvalue weighted by Gasteiger charge is -2.10. The lowest BCUT2D eigenvalue weighted by Crippen LogP contribution is -2.34. The molecule has 0 heterocycles. The van der Waals surface area contributed by atoms with Crippen LogP contribution in [0.1, 0.15) is 17.5 Å². The molecule has 0 spiro atoms. The molecule has 0 fully saturated rings. The van der Waals surface area contributed by atoms with E-state index < -0.39 is 0 Å². The smallest absolute Gasteiger partial charge is 0.234 e. The molecule has 0 saturated heterocycles. The first-order valence-electron chi connectivity index (χ1n) is 5.37. The van der Waals surface area contributed by atoms with Crippen LogP contribution >= 0.6 is 11.6 Å². The highest BCUT2D eigenvalue weighted by Crippen LogP contribution is 2.28. The average Bonchev–Trinajstić information content (AvgIpc) is 2.30. The predicted molar refractivity (Wildman–Crippen MR) is 68.3 cm³/mol. The lowest BCUT2D eigenvalue weighted by molar-refractivity contribution is -0.121. The summed E-state index contributed by atoms with van der Waals surface area (Å²) in [6.45, 7) is 1.98. The molecule has 1 aromatic rings. The molecule has 1 aromatic carbocycles. The Hall–Kier alpha value is -1.26. The lowest BCUT2D eigenvalue weighted by atomic mass is 10.0. The summed E-state index contributed by atoms with van der Waals surface area (Å²) in [6, 6.07) is 3.73. The van der Waals surface area contributed by atoms with Gasteiger partial charge in [-0.3, -0.25) is 10.2 Å². The SMILES string of the molecule is CNNC(=O)CCc1cc(Cl)c(OC)cc1C. The van der Waals surface area contributed by atoms with Gasteiger partial charge in [-0.05, 0) is 36.6 Å². The minimum atomic E-state index is -0.0427. The highest BCUT2D eigenvalue weighted by Gasteiger charge is 2.08. The van der Waals surface area contributed by atoms with Crippen LogP contribution < -0.4 is 15.6 Å². The first-order valence-corrected chi connectivity index (χ1v) is 5.75. The highest BCUT2D eigenvalue weighted by molar-refractivity contribution is 6.32. The minimum absolute atomic E-state index is 0.0427. The molecule has 0 radical (unpaired) electrons. The minimum Gasteiger partial charge on any atom is -0.495 e. The fourth-order valence-electron chi connectivity index (χ4n) is 1.57. The quantitative estimate of drug-likeness (QED) is 0.791. The number of nitrogens with one attached hydrogen (secondary N) is 2. The molecule has 94 valence electrons. The second-order valence-electron chi connectivity index (χ2n) is 3.71. The number of amides is 1. The van der Waals surface area contributed by atoms with E-state index in [0.717, 1.165) is 11.1 Å². The van der Waals surface area contributed by atoms with Crippen LogP contribution in [0.3, 0.4) is 0 Å². The first kappa shape index (κ1) is 13.8. The van der Waals surface area contributed by atoms with E-state index >= 15 is 0 Å². The Bertz CT molecular complexity index is 408. The van der Waals surface area contributed by atoms with Crippen LogP contribution in [0.2, 0.25) is 5.02 Å². The number of aryl methyl sites for hydroxylation is 2. The molecule has 0 atom stereocenters. The van der Waals surface area contributed by atoms with Gasteiger partial charge in [0.15, 0.2) is 0 Å². The predicted octanol–water partition coefficient (Wildman–Crippen LogP) is 1.84. The van der Waals surface area contributed by atoms with Gasteiger partial charge in [0.1, 0.15) is 5.75 Å². The molecule has 0 aliphatic rings. The number of ether oxygens (including phenoxy) is 1. The van der Waals surface area contributed by atoms with Crippen molar-refractivity contribution in [3.63, 3.8) is 0 Å². The number of halogens is 1. The maximum Gasteiger partial charge on any atom is 0.234 e. The molecule has 0 aliphatic heterocycles. The maximum atomic E-state index is 11.3. The Kier molecular flexibility index (Phi) is 5.25. The second-order valence-corrected chi connectivity index (χ2v) is 4.12. The maximum absolute atomic E-state index is 11.3. The molecule has 0 aromatic heterocycles. The Morgan fingerprint density at radius 3 is 2.76 bits per heavy atom. The summed E-state index contributed by atoms with van der Waals surface area (Å²) in [5.74, 6) is 0.617. The summed E-state index contributed by atoms with van der Waals surface area (Å²) in [6.07, 6.45) is 1.08. The van der Waals surface area contributed by atoms with Gasteiger partial charge < -0.3 is 4.74 Å². The number of rotatable bonds is 5. The third-order valence-corrected chi connectivity index (χ3v) is 2.79. The third-order valence-electron chi connectivity index (χ3n) is 2.50. The number of carbonyl (C=O) groups is 1. The first-order chi connectivity index (χ1) is 8.08. The molecule has 0 bridgehead atoms. The monoisotopic (exact) mass is 256 g/mol. The van der Waals surface area contributed by atoms with Gasteiger partial charge in [-0.2, -0.15) is 0 Å². The van der Waals surface area contributed by atoms with Crippen molar-refractivity contribution in [3.8, 4) is 5.75 Å². The van der Waals surface area contributed by atoms with E-state index in [1.807, 2.05) is 19.1 Å². The van der Waals surface area contributed by atoms with Crippen LogP contribution in [0.25, 0.3) is 0 Å². The van der Waals surface area contributed by atoms with E-state index in [2.05, 4.69) is 10.9 Å². The normalized spacial score (nSPS) is 10.1. The largest absolute Gasteiger partial charge is 0.495 e. The molecule has 2 N–H and O–H groups in total. The van der Waals surface area contributed by atoms with Gasteiger partial charge in [0.25, 0.3) is 0 Å². The fourth-order valence-corrected chi connectivity index (χ4v) is 1.84. The van der Waals surface area contributed by atoms with Gasteiger partial charge in [-0.15, -0.1) is 0 Å². The van der Waals surface area contributed by atoms with Crippen molar-refractivity contribution in [2.24, 2.45) is 0 Å². The zero-order chi connectivity index (χ0) is 12.8. The van der Waals surface area contributed by atoms with Crippen molar-refractivity contribution < 1.29 is 9.53 Å². The van der Waals surface area contributed by atoms with Crippen LogP contribution in [0.15, 0.2) is 12.1 Å². The van der Waals surface area contributed by atoms with Gasteiger partial charge in [0.2, 0.25) is 5.91 Å². The molecular formula is C12H17ClN2O2. The Morgan fingerprint density at radius 2 is 2.18 bits per heavy atom. The van der Waals surface area contributed by atoms with Crippen LogP contribution in [-0.4, -0.2) is 20.1 Å². The van der Waals surface area contributed by atoms with E-state index in [9.17, 15) is 4.79 Å². The molecule has 1 amide bonds. The summed E-state index contributed by atoms with van der Waals surface area (Å²) in [7, 11) is 3.24. The van der Waals surface area contributed by atoms with Gasteiger partial charge in [-0.1, -0.05) is 11.6 Å². The number of carbonyl (C=O) groups excluding carboxylic acids is 1. The molecule has 1 rings (SSSR count). The van der Waals surface area contributed by atoms with Gasteiger partial charge in [0.05, 0.1) is 12.1 Å². The summed E-state index contributed by atoms with van der Waals surface area (Å²) >= 11 is 6.04. The van der Waals surface area contributed by atoms with E-state index in [1.165, 1.54) is 0 Å². The van der Waals surface area contributed by atoms with Crippen molar-refractivity contribution in [2.45, 2.75) is 19.8 Å². The van der Waals surface area contributed by atoms with Gasteiger partial charge in [0, 0.05) is 13.5 Å². The van der Waals surface area contributed by atoms with Crippen molar-refractivity contribution in [3.05, 3.63) is 28.3 Å². The van der Waals surface area contributed by atoms with Crippen LogP contribution in [0, 0.1) is 6.92 Å². The third kappa shape index (κ3) is 3.91. The topological polar surface area (TPSA) is 50.4 Å². The number of hydrogen-bond acceptors (Lipinski definition) is 3. The Labute approximate surface area is 106 Å². The second kappa shape index (κ2) is 6.47. The van der Waals surface area contributed by atoms with Crippen molar-refractivity contribution in [2.75, 3.05) is 14.2 Å². The van der Waals surface area contributed by atoms with E-state index in [4.69, 9.17) is 16.3 Å². The Balaban J connectivity index is 2.72. The number of methoxy groups -OCH3 is 1.